The van der Waals surface area contributed by atoms with Crippen LogP contribution in [-0.4, -0.2) is 4.57 Å². The van der Waals surface area contributed by atoms with E-state index in [-0.39, 0.29) is 10.8 Å². The summed E-state index contributed by atoms with van der Waals surface area (Å²) in [6, 6.07) is 85.2. The maximum absolute atomic E-state index is 2.54. The van der Waals surface area contributed by atoms with Gasteiger partial charge in [0.15, 0.2) is 0 Å². The number of benzene rings is 10. The van der Waals surface area contributed by atoms with Crippen molar-refractivity contribution < 1.29 is 0 Å². The summed E-state index contributed by atoms with van der Waals surface area (Å²) in [5, 5.41) is 2.55. The van der Waals surface area contributed by atoms with Crippen molar-refractivity contribution >= 4 is 38.9 Å². The molecule has 0 atom stereocenters. The third-order valence-corrected chi connectivity index (χ3v) is 15.2. The normalized spacial score (nSPS) is 13.8. The summed E-state index contributed by atoms with van der Waals surface area (Å²) < 4.78 is 2.38. The molecule has 324 valence electrons. The molecule has 13 rings (SSSR count). The van der Waals surface area contributed by atoms with Crippen LogP contribution >= 0.6 is 0 Å². The third kappa shape index (κ3) is 6.10. The van der Waals surface area contributed by atoms with Crippen LogP contribution in [0.5, 0.6) is 0 Å². The van der Waals surface area contributed by atoms with Gasteiger partial charge in [0.1, 0.15) is 0 Å². The molecule has 2 nitrogen and oxygen atoms in total. The lowest BCUT2D eigenvalue weighted by atomic mass is 9.79. The molecular formula is C66H50N2. The van der Waals surface area contributed by atoms with Crippen molar-refractivity contribution in [2.75, 3.05) is 4.90 Å². The lowest BCUT2D eigenvalue weighted by molar-refractivity contribution is 0.652. The predicted molar refractivity (Wildman–Crippen MR) is 287 cm³/mol. The van der Waals surface area contributed by atoms with Crippen LogP contribution in [0.3, 0.4) is 0 Å². The molecule has 68 heavy (non-hydrogen) atoms. The fourth-order valence-corrected chi connectivity index (χ4v) is 11.7. The molecule has 0 N–H and O–H groups in total. The topological polar surface area (TPSA) is 8.17 Å². The molecule has 0 radical (unpaired) electrons. The van der Waals surface area contributed by atoms with Crippen LogP contribution in [-0.2, 0) is 10.8 Å². The Morgan fingerprint density at radius 2 is 0.765 bits per heavy atom. The van der Waals surface area contributed by atoms with E-state index in [1.165, 1.54) is 99.7 Å². The molecule has 0 unspecified atom stereocenters. The first-order valence-corrected chi connectivity index (χ1v) is 23.9. The Labute approximate surface area is 399 Å². The van der Waals surface area contributed by atoms with Crippen LogP contribution in [0.1, 0.15) is 49.9 Å². The maximum atomic E-state index is 2.54. The number of para-hydroxylation sites is 2. The van der Waals surface area contributed by atoms with E-state index in [1.54, 1.807) is 0 Å². The highest BCUT2D eigenvalue weighted by Crippen LogP contribution is 2.58. The molecule has 2 aliphatic carbocycles. The average molecular weight is 871 g/mol. The number of hydrogen-bond donors (Lipinski definition) is 0. The molecule has 1 aromatic heterocycles. The second kappa shape index (κ2) is 15.2. The van der Waals surface area contributed by atoms with Crippen molar-refractivity contribution in [3.8, 4) is 61.3 Å². The highest BCUT2D eigenvalue weighted by Gasteiger charge is 2.42. The van der Waals surface area contributed by atoms with Crippen LogP contribution in [0.15, 0.2) is 231 Å². The number of fused-ring (bicyclic) bond motifs is 9. The van der Waals surface area contributed by atoms with Gasteiger partial charge in [-0.15, -0.1) is 0 Å². The molecule has 0 bridgehead atoms. The molecule has 0 amide bonds. The van der Waals surface area contributed by atoms with E-state index >= 15 is 0 Å². The van der Waals surface area contributed by atoms with Crippen molar-refractivity contribution in [1.29, 1.82) is 0 Å². The quantitative estimate of drug-likeness (QED) is 0.155. The lowest BCUT2D eigenvalue weighted by Gasteiger charge is -2.28. The van der Waals surface area contributed by atoms with Crippen LogP contribution in [0.25, 0.3) is 83.1 Å². The minimum atomic E-state index is -0.220. The molecule has 0 aliphatic heterocycles. The second-order valence-electron chi connectivity index (χ2n) is 19.7. The maximum Gasteiger partial charge on any atom is 0.0541 e. The van der Waals surface area contributed by atoms with Gasteiger partial charge in [-0.1, -0.05) is 185 Å². The van der Waals surface area contributed by atoms with Crippen LogP contribution in [0.4, 0.5) is 17.1 Å². The van der Waals surface area contributed by atoms with E-state index < -0.39 is 0 Å². The van der Waals surface area contributed by atoms with Gasteiger partial charge in [0.05, 0.1) is 11.0 Å². The van der Waals surface area contributed by atoms with E-state index in [2.05, 4.69) is 268 Å². The predicted octanol–water partition coefficient (Wildman–Crippen LogP) is 17.9. The van der Waals surface area contributed by atoms with Crippen molar-refractivity contribution in [1.82, 2.24) is 4.57 Å². The van der Waals surface area contributed by atoms with Crippen LogP contribution < -0.4 is 4.90 Å². The average Bonchev–Trinajstić information content (AvgIpc) is 3.93. The van der Waals surface area contributed by atoms with Gasteiger partial charge < -0.3 is 9.47 Å². The van der Waals surface area contributed by atoms with Crippen LogP contribution in [0, 0.1) is 0 Å². The van der Waals surface area contributed by atoms with E-state index in [1.807, 2.05) is 0 Å². The molecule has 0 spiro atoms. The summed E-state index contributed by atoms with van der Waals surface area (Å²) in [4.78, 5) is 2.43. The number of rotatable bonds is 7. The second-order valence-corrected chi connectivity index (χ2v) is 19.7. The van der Waals surface area contributed by atoms with E-state index in [9.17, 15) is 0 Å². The molecule has 1 heterocycles. The van der Waals surface area contributed by atoms with E-state index in [0.29, 0.717) is 0 Å². The van der Waals surface area contributed by atoms with E-state index in [4.69, 9.17) is 0 Å². The van der Waals surface area contributed by atoms with Gasteiger partial charge in [-0.05, 0) is 151 Å². The fraction of sp³-hybridized carbons (Fsp3) is 0.0909. The third-order valence-electron chi connectivity index (χ3n) is 15.2. The van der Waals surface area contributed by atoms with Gasteiger partial charge in [-0.25, -0.2) is 0 Å². The van der Waals surface area contributed by atoms with Crippen molar-refractivity contribution in [3.05, 3.63) is 253 Å². The highest BCUT2D eigenvalue weighted by molar-refractivity contribution is 6.09. The molecule has 11 aromatic rings. The first-order chi connectivity index (χ1) is 33.2. The Morgan fingerprint density at radius 1 is 0.309 bits per heavy atom. The summed E-state index contributed by atoms with van der Waals surface area (Å²) >= 11 is 0. The highest BCUT2D eigenvalue weighted by atomic mass is 15.1. The number of anilines is 3. The Morgan fingerprint density at radius 3 is 1.37 bits per heavy atom. The Kier molecular flexibility index (Phi) is 8.95. The summed E-state index contributed by atoms with van der Waals surface area (Å²) in [5.74, 6) is 0. The zero-order chi connectivity index (χ0) is 45.7. The number of aromatic nitrogens is 1. The van der Waals surface area contributed by atoms with Crippen molar-refractivity contribution in [3.63, 3.8) is 0 Å². The summed E-state index contributed by atoms with van der Waals surface area (Å²) in [6.45, 7) is 9.63. The van der Waals surface area contributed by atoms with Crippen molar-refractivity contribution in [2.45, 2.75) is 38.5 Å². The SMILES string of the molecule is CC1(C)c2cc(N(c3ccc(-c4ccccc4)cc3)c3ccc(-c4ccc(-n5c6ccccc6c6ccccc65)cc4)cc3)ccc2-c2cc3c(cc21)-c1c(-c2ccccc2)cccc1C3(C)C. The smallest absolute Gasteiger partial charge is 0.0541 e. The Balaban J connectivity index is 0.886. The first-order valence-electron chi connectivity index (χ1n) is 23.9. The largest absolute Gasteiger partial charge is 0.310 e. The van der Waals surface area contributed by atoms with Gasteiger partial charge in [0.2, 0.25) is 0 Å². The zero-order valence-electron chi connectivity index (χ0n) is 38.8. The standard InChI is InChI=1S/C66H50N2/c1-65(2)58-23-15-22-52(47-18-9-6-10-19-47)64(58)57-42-60-56(41-61(57)65)53-39-38-51(40-59(53)66(60,3)4)67(48-32-26-44(27-33-48)43-16-7-5-8-17-43)49-34-28-45(29-35-49)46-30-36-50(37-31-46)68-62-24-13-11-20-54(62)55-21-12-14-25-63(55)68/h5-42H,1-4H3. The van der Waals surface area contributed by atoms with Crippen molar-refractivity contribution in [2.24, 2.45) is 0 Å². The number of hydrogen-bond acceptors (Lipinski definition) is 1. The number of nitrogens with zero attached hydrogens (tertiary/aromatic N) is 2. The van der Waals surface area contributed by atoms with Gasteiger partial charge >= 0.3 is 0 Å². The summed E-state index contributed by atoms with van der Waals surface area (Å²) in [7, 11) is 0. The Hall–Kier alpha value is -8.20. The first kappa shape index (κ1) is 40.1. The van der Waals surface area contributed by atoms with E-state index in [0.717, 1.165) is 22.7 Å². The molecular weight excluding hydrogens is 821 g/mol. The van der Waals surface area contributed by atoms with Gasteiger partial charge in [0, 0.05) is 44.4 Å². The molecule has 2 aliphatic rings. The van der Waals surface area contributed by atoms with Gasteiger partial charge in [-0.3, -0.25) is 0 Å². The fourth-order valence-electron chi connectivity index (χ4n) is 11.7. The zero-order valence-corrected chi connectivity index (χ0v) is 38.8. The molecule has 10 aromatic carbocycles. The van der Waals surface area contributed by atoms with Gasteiger partial charge in [-0.2, -0.15) is 0 Å². The lowest BCUT2D eigenvalue weighted by Crippen LogP contribution is -2.17. The minimum Gasteiger partial charge on any atom is -0.310 e. The molecule has 0 saturated carbocycles. The van der Waals surface area contributed by atoms with Gasteiger partial charge in [0.25, 0.3) is 0 Å². The molecule has 0 saturated heterocycles. The summed E-state index contributed by atoms with van der Waals surface area (Å²) in [6.07, 6.45) is 0. The monoisotopic (exact) mass is 870 g/mol. The Bertz CT molecular complexity index is 3690. The minimum absolute atomic E-state index is 0.124. The molecule has 2 heteroatoms. The van der Waals surface area contributed by atoms with Crippen LogP contribution in [0.2, 0.25) is 0 Å². The molecule has 0 fully saturated rings. The summed E-state index contributed by atoms with van der Waals surface area (Å²) in [5.41, 5.74) is 25.0.